The van der Waals surface area contributed by atoms with Gasteiger partial charge >= 0.3 is 0 Å². The maximum absolute atomic E-state index is 10.8. The number of nitrogens with one attached hydrogen (secondary N) is 2. The molecule has 1 aromatic heterocycles. The zero-order valence-electron chi connectivity index (χ0n) is 14.7. The van der Waals surface area contributed by atoms with E-state index in [0.29, 0.717) is 17.9 Å². The van der Waals surface area contributed by atoms with Crippen LogP contribution in [0, 0.1) is 10.1 Å². The molecule has 7 nitrogen and oxygen atoms in total. The number of nitrogens with zero attached hydrogens (tertiary/aromatic N) is 3. The molecule has 1 saturated carbocycles. The van der Waals surface area contributed by atoms with E-state index < -0.39 is 4.92 Å². The molecule has 2 heterocycles. The van der Waals surface area contributed by atoms with E-state index in [9.17, 15) is 10.1 Å². The van der Waals surface area contributed by atoms with Crippen molar-refractivity contribution in [1.29, 1.82) is 0 Å². The monoisotopic (exact) mass is 361 g/mol. The summed E-state index contributed by atoms with van der Waals surface area (Å²) in [4.78, 5) is 23.2. The minimum absolute atomic E-state index is 0.0731. The molecule has 0 spiro atoms. The number of nitro benzene ring substituents is 1. The lowest BCUT2D eigenvalue weighted by molar-refractivity contribution is -0.384. The van der Waals surface area contributed by atoms with Crippen LogP contribution in [0.3, 0.4) is 0 Å². The summed E-state index contributed by atoms with van der Waals surface area (Å²) < 4.78 is 0. The summed E-state index contributed by atoms with van der Waals surface area (Å²) in [5.74, 6) is 1.67. The number of aromatic amines is 1. The Kier molecular flexibility index (Phi) is 3.67. The van der Waals surface area contributed by atoms with Gasteiger partial charge in [0.15, 0.2) is 0 Å². The van der Waals surface area contributed by atoms with Crippen LogP contribution in [-0.4, -0.2) is 32.8 Å². The van der Waals surface area contributed by atoms with Gasteiger partial charge in [0.05, 0.1) is 22.0 Å². The molecular formula is C20H19N5O2. The van der Waals surface area contributed by atoms with Gasteiger partial charge < -0.3 is 10.3 Å². The molecule has 0 unspecified atom stereocenters. The summed E-state index contributed by atoms with van der Waals surface area (Å²) in [6.07, 6.45) is 4.89. The Hall–Kier alpha value is -3.22. The first kappa shape index (κ1) is 16.0. The third kappa shape index (κ3) is 2.85. The molecule has 136 valence electrons. The number of H-pyrrole nitrogens is 1. The molecule has 27 heavy (non-hydrogen) atoms. The number of aromatic nitrogens is 2. The van der Waals surface area contributed by atoms with Gasteiger partial charge in [-0.3, -0.25) is 15.1 Å². The lowest BCUT2D eigenvalue weighted by atomic mass is 9.92. The highest BCUT2D eigenvalue weighted by Crippen LogP contribution is 2.28. The van der Waals surface area contributed by atoms with Gasteiger partial charge in [-0.05, 0) is 43.2 Å². The number of hydrogen-bond donors (Lipinski definition) is 2. The van der Waals surface area contributed by atoms with Gasteiger partial charge in [0.25, 0.3) is 5.69 Å². The molecule has 1 aliphatic carbocycles. The Bertz CT molecular complexity index is 1050. The van der Waals surface area contributed by atoms with Crippen LogP contribution in [0.5, 0.6) is 0 Å². The zero-order chi connectivity index (χ0) is 18.4. The molecule has 1 aliphatic heterocycles. The SMILES string of the molecule is O=[N+]([O-])c1ccc(-c2nc3ccc(C4=N[C@H]5CCCC[C@H]5N4)cc3[nH]2)cc1. The fourth-order valence-electron chi connectivity index (χ4n) is 4.01. The van der Waals surface area contributed by atoms with Gasteiger partial charge in [-0.25, -0.2) is 4.98 Å². The highest BCUT2D eigenvalue weighted by atomic mass is 16.6. The molecule has 2 aliphatic rings. The van der Waals surface area contributed by atoms with E-state index in [-0.39, 0.29) is 5.69 Å². The molecule has 2 atom stereocenters. The summed E-state index contributed by atoms with van der Waals surface area (Å²) in [6.45, 7) is 0. The average Bonchev–Trinajstić information content (AvgIpc) is 3.31. The highest BCUT2D eigenvalue weighted by molar-refractivity contribution is 6.02. The molecule has 5 rings (SSSR count). The second kappa shape index (κ2) is 6.19. The molecule has 0 radical (unpaired) electrons. The van der Waals surface area contributed by atoms with Crippen LogP contribution in [0.1, 0.15) is 31.2 Å². The lowest BCUT2D eigenvalue weighted by Gasteiger charge is -2.23. The van der Waals surface area contributed by atoms with Crippen LogP contribution in [0.15, 0.2) is 47.5 Å². The predicted molar refractivity (Wildman–Crippen MR) is 104 cm³/mol. The van der Waals surface area contributed by atoms with E-state index in [1.807, 2.05) is 12.1 Å². The molecule has 7 heteroatoms. The Balaban J connectivity index is 1.46. The summed E-state index contributed by atoms with van der Waals surface area (Å²) >= 11 is 0. The summed E-state index contributed by atoms with van der Waals surface area (Å²) in [7, 11) is 0. The van der Waals surface area contributed by atoms with Crippen molar-refractivity contribution in [3.63, 3.8) is 0 Å². The van der Waals surface area contributed by atoms with E-state index in [1.165, 1.54) is 31.4 Å². The maximum atomic E-state index is 10.8. The standard InChI is InChI=1S/C20H19N5O2/c26-25(27)14-8-5-12(6-9-14)19-23-17-10-7-13(11-18(17)24-19)20-21-15-3-1-2-4-16(15)22-20/h5-11,15-16H,1-4H2,(H,21,22)(H,23,24)/t15-,16+. The lowest BCUT2D eigenvalue weighted by Crippen LogP contribution is -2.36. The number of nitro groups is 1. The molecule has 1 fully saturated rings. The highest BCUT2D eigenvalue weighted by Gasteiger charge is 2.31. The minimum atomic E-state index is -0.401. The van der Waals surface area contributed by atoms with Gasteiger partial charge in [-0.15, -0.1) is 0 Å². The Morgan fingerprint density at radius 3 is 2.59 bits per heavy atom. The third-order valence-electron chi connectivity index (χ3n) is 5.45. The second-order valence-electron chi connectivity index (χ2n) is 7.20. The van der Waals surface area contributed by atoms with Crippen molar-refractivity contribution in [2.75, 3.05) is 0 Å². The normalized spacial score (nSPS) is 21.6. The third-order valence-corrected chi connectivity index (χ3v) is 5.45. The topological polar surface area (TPSA) is 96.2 Å². The molecule has 2 aromatic carbocycles. The number of rotatable bonds is 3. The van der Waals surface area contributed by atoms with Crippen molar-refractivity contribution in [2.45, 2.75) is 37.8 Å². The Labute approximate surface area is 155 Å². The fourth-order valence-corrected chi connectivity index (χ4v) is 4.01. The molecule has 3 aromatic rings. The molecule has 0 bridgehead atoms. The quantitative estimate of drug-likeness (QED) is 0.548. The summed E-state index contributed by atoms with van der Waals surface area (Å²) in [5, 5.41) is 14.4. The van der Waals surface area contributed by atoms with Gasteiger partial charge in [0.1, 0.15) is 11.7 Å². The summed E-state index contributed by atoms with van der Waals surface area (Å²) in [6, 6.07) is 13.4. The van der Waals surface area contributed by atoms with Crippen LogP contribution in [0.2, 0.25) is 0 Å². The van der Waals surface area contributed by atoms with Crippen molar-refractivity contribution in [3.05, 3.63) is 58.1 Å². The fraction of sp³-hybridized carbons (Fsp3) is 0.300. The van der Waals surface area contributed by atoms with Gasteiger partial charge in [-0.2, -0.15) is 0 Å². The number of non-ortho nitro benzene ring substituents is 1. The van der Waals surface area contributed by atoms with Crippen LogP contribution < -0.4 is 5.32 Å². The Morgan fingerprint density at radius 2 is 1.81 bits per heavy atom. The number of benzene rings is 2. The largest absolute Gasteiger partial charge is 0.365 e. The first-order valence-electron chi connectivity index (χ1n) is 9.27. The average molecular weight is 361 g/mol. The van der Waals surface area contributed by atoms with Crippen LogP contribution in [0.4, 0.5) is 5.69 Å². The first-order valence-corrected chi connectivity index (χ1v) is 9.27. The molecule has 0 amide bonds. The van der Waals surface area contributed by atoms with Crippen LogP contribution >= 0.6 is 0 Å². The maximum Gasteiger partial charge on any atom is 0.269 e. The van der Waals surface area contributed by atoms with E-state index in [4.69, 9.17) is 4.99 Å². The molecular weight excluding hydrogens is 342 g/mol. The van der Waals surface area contributed by atoms with E-state index >= 15 is 0 Å². The van der Waals surface area contributed by atoms with E-state index in [1.54, 1.807) is 12.1 Å². The van der Waals surface area contributed by atoms with Crippen molar-refractivity contribution in [1.82, 2.24) is 15.3 Å². The predicted octanol–water partition coefficient (Wildman–Crippen LogP) is 3.80. The number of hydrogen-bond acceptors (Lipinski definition) is 5. The second-order valence-corrected chi connectivity index (χ2v) is 7.20. The molecule has 2 N–H and O–H groups in total. The van der Waals surface area contributed by atoms with Crippen molar-refractivity contribution < 1.29 is 4.92 Å². The van der Waals surface area contributed by atoms with Crippen LogP contribution in [0.25, 0.3) is 22.4 Å². The number of fused-ring (bicyclic) bond motifs is 2. The van der Waals surface area contributed by atoms with Crippen molar-refractivity contribution in [3.8, 4) is 11.4 Å². The zero-order valence-corrected chi connectivity index (χ0v) is 14.7. The number of aliphatic imine (C=N–C) groups is 1. The minimum Gasteiger partial charge on any atom is -0.365 e. The van der Waals surface area contributed by atoms with Crippen LogP contribution in [-0.2, 0) is 0 Å². The van der Waals surface area contributed by atoms with Gasteiger partial charge in [0, 0.05) is 29.3 Å². The Morgan fingerprint density at radius 1 is 1.04 bits per heavy atom. The summed E-state index contributed by atoms with van der Waals surface area (Å²) in [5.41, 5.74) is 3.75. The van der Waals surface area contributed by atoms with E-state index in [0.717, 1.165) is 34.4 Å². The van der Waals surface area contributed by atoms with Gasteiger partial charge in [-0.1, -0.05) is 12.8 Å². The van der Waals surface area contributed by atoms with Crippen molar-refractivity contribution >= 4 is 22.6 Å². The molecule has 0 saturated heterocycles. The first-order chi connectivity index (χ1) is 13.2. The van der Waals surface area contributed by atoms with E-state index in [2.05, 4.69) is 21.4 Å². The number of amidine groups is 1. The van der Waals surface area contributed by atoms with Crippen molar-refractivity contribution in [2.24, 2.45) is 4.99 Å². The van der Waals surface area contributed by atoms with Gasteiger partial charge in [0.2, 0.25) is 0 Å². The smallest absolute Gasteiger partial charge is 0.269 e. The number of imidazole rings is 1.